The van der Waals surface area contributed by atoms with Gasteiger partial charge in [-0.05, 0) is 35.5 Å². The Morgan fingerprint density at radius 2 is 2.05 bits per heavy atom. The molecule has 104 valence electrons. The second-order valence-corrected chi connectivity index (χ2v) is 4.92. The van der Waals surface area contributed by atoms with E-state index in [4.69, 9.17) is 5.41 Å². The summed E-state index contributed by atoms with van der Waals surface area (Å²) in [6, 6.07) is 5.68. The lowest BCUT2D eigenvalue weighted by Crippen LogP contribution is -2.35. The van der Waals surface area contributed by atoms with Gasteiger partial charge in [0.1, 0.15) is 0 Å². The van der Waals surface area contributed by atoms with E-state index in [1.54, 1.807) is 0 Å². The molecular formula is C12H7N5O3S. The Labute approximate surface area is 122 Å². The maximum absolute atomic E-state index is 11.9. The third kappa shape index (κ3) is 2.34. The van der Waals surface area contributed by atoms with Gasteiger partial charge in [0.25, 0.3) is 11.6 Å². The molecule has 8 nitrogen and oxygen atoms in total. The van der Waals surface area contributed by atoms with Gasteiger partial charge in [0.05, 0.1) is 16.0 Å². The topological polar surface area (TPSA) is 112 Å². The average Bonchev–Trinajstić information content (AvgIpc) is 2.92. The largest absolute Gasteiger partial charge is 0.283 e. The number of hydrazone groups is 1. The number of hydrogen-bond donors (Lipinski definition) is 1. The van der Waals surface area contributed by atoms with Gasteiger partial charge in [-0.3, -0.25) is 20.3 Å². The van der Waals surface area contributed by atoms with E-state index in [-0.39, 0.29) is 17.1 Å². The van der Waals surface area contributed by atoms with E-state index in [0.29, 0.717) is 10.7 Å². The molecule has 0 aromatic heterocycles. The number of hydrogen-bond acceptors (Lipinski definition) is 6. The molecule has 2 heterocycles. The lowest BCUT2D eigenvalue weighted by molar-refractivity contribution is -0.384. The van der Waals surface area contributed by atoms with Crippen molar-refractivity contribution in [2.45, 2.75) is 0 Å². The van der Waals surface area contributed by atoms with E-state index < -0.39 is 10.8 Å². The van der Waals surface area contributed by atoms with Crippen molar-refractivity contribution in [3.63, 3.8) is 0 Å². The molecule has 0 unspecified atom stereocenters. The van der Waals surface area contributed by atoms with Crippen molar-refractivity contribution in [2.24, 2.45) is 10.1 Å². The quantitative estimate of drug-likeness (QED) is 0.509. The summed E-state index contributed by atoms with van der Waals surface area (Å²) in [7, 11) is 0. The molecule has 0 spiro atoms. The number of carbonyl (C=O) groups excluding carboxylic acids is 1. The first-order valence-electron chi connectivity index (χ1n) is 5.73. The molecule has 1 aromatic carbocycles. The van der Waals surface area contributed by atoms with Gasteiger partial charge in [0, 0.05) is 12.1 Å². The first kappa shape index (κ1) is 13.2. The fourth-order valence-electron chi connectivity index (χ4n) is 1.80. The highest BCUT2D eigenvalue weighted by atomic mass is 32.2. The van der Waals surface area contributed by atoms with Gasteiger partial charge in [0.2, 0.25) is 0 Å². The number of aliphatic imine (C=N–C) groups is 1. The van der Waals surface area contributed by atoms with Gasteiger partial charge in [0.15, 0.2) is 11.0 Å². The van der Waals surface area contributed by atoms with E-state index >= 15 is 0 Å². The number of fused-ring (bicyclic) bond motifs is 1. The highest BCUT2D eigenvalue weighted by Crippen LogP contribution is 2.25. The number of non-ortho nitro benzene ring substituents is 1. The van der Waals surface area contributed by atoms with Crippen LogP contribution in [0.2, 0.25) is 0 Å². The van der Waals surface area contributed by atoms with Crippen molar-refractivity contribution in [1.29, 1.82) is 5.41 Å². The van der Waals surface area contributed by atoms with Crippen LogP contribution in [-0.2, 0) is 4.79 Å². The van der Waals surface area contributed by atoms with Crippen LogP contribution < -0.4 is 0 Å². The van der Waals surface area contributed by atoms with Gasteiger partial charge in [-0.25, -0.2) is 0 Å². The number of rotatable bonds is 2. The molecule has 0 atom stereocenters. The lowest BCUT2D eigenvalue weighted by Gasteiger charge is -2.20. The lowest BCUT2D eigenvalue weighted by atomic mass is 10.1. The maximum atomic E-state index is 11.9. The number of nitro groups is 1. The van der Waals surface area contributed by atoms with E-state index in [2.05, 4.69) is 10.1 Å². The average molecular weight is 301 g/mol. The summed E-state index contributed by atoms with van der Waals surface area (Å²) < 4.78 is 0. The fourth-order valence-corrected chi connectivity index (χ4v) is 2.41. The van der Waals surface area contributed by atoms with E-state index in [1.807, 2.05) is 0 Å². The Balaban J connectivity index is 1.95. The first-order valence-corrected chi connectivity index (χ1v) is 6.61. The van der Waals surface area contributed by atoms with Crippen molar-refractivity contribution in [3.05, 3.63) is 45.5 Å². The Morgan fingerprint density at radius 3 is 2.71 bits per heavy atom. The van der Waals surface area contributed by atoms with Crippen molar-refractivity contribution in [1.82, 2.24) is 5.01 Å². The first-order chi connectivity index (χ1) is 10.1. The highest BCUT2D eigenvalue weighted by molar-refractivity contribution is 8.25. The molecule has 2 aliphatic rings. The molecule has 0 aliphatic carbocycles. The molecule has 1 aromatic rings. The molecule has 1 amide bonds. The smallest absolute Gasteiger partial charge is 0.282 e. The van der Waals surface area contributed by atoms with E-state index in [0.717, 1.165) is 0 Å². The van der Waals surface area contributed by atoms with Crippen LogP contribution in [0.1, 0.15) is 5.56 Å². The van der Waals surface area contributed by atoms with Crippen LogP contribution in [0.4, 0.5) is 5.69 Å². The van der Waals surface area contributed by atoms with Gasteiger partial charge in [-0.1, -0.05) is 0 Å². The molecule has 1 N–H and O–H groups in total. The summed E-state index contributed by atoms with van der Waals surface area (Å²) in [5.41, 5.74) is 2.12. The standard InChI is InChI=1S/C12H7N5O3S/c13-10-9(11(18)15-12-16(10)14-6-21-12)5-7-1-3-8(4-2-7)17(19)20/h1-6,13H/b9-5-,13-10?. The van der Waals surface area contributed by atoms with Crippen LogP contribution in [0.5, 0.6) is 0 Å². The second-order valence-electron chi connectivity index (χ2n) is 4.11. The van der Waals surface area contributed by atoms with Crippen molar-refractivity contribution in [2.75, 3.05) is 0 Å². The number of nitrogens with one attached hydrogen (secondary N) is 1. The summed E-state index contributed by atoms with van der Waals surface area (Å²) in [4.78, 5) is 25.9. The third-order valence-electron chi connectivity index (χ3n) is 2.81. The summed E-state index contributed by atoms with van der Waals surface area (Å²) >= 11 is 1.17. The summed E-state index contributed by atoms with van der Waals surface area (Å²) in [5.74, 6) is -0.591. The van der Waals surface area contributed by atoms with Crippen molar-refractivity contribution < 1.29 is 9.72 Å². The minimum atomic E-state index is -0.525. The second kappa shape index (κ2) is 4.94. The maximum Gasteiger partial charge on any atom is 0.283 e. The molecule has 9 heteroatoms. The summed E-state index contributed by atoms with van der Waals surface area (Å²) in [6.45, 7) is 0. The summed E-state index contributed by atoms with van der Waals surface area (Å²) in [5, 5.41) is 24.1. The van der Waals surface area contributed by atoms with Crippen molar-refractivity contribution in [3.8, 4) is 0 Å². The number of amides is 1. The highest BCUT2D eigenvalue weighted by Gasteiger charge is 2.32. The molecule has 0 bridgehead atoms. The van der Waals surface area contributed by atoms with Gasteiger partial charge < -0.3 is 0 Å². The number of nitro benzene ring substituents is 1. The molecule has 2 aliphatic heterocycles. The van der Waals surface area contributed by atoms with Gasteiger partial charge >= 0.3 is 0 Å². The molecule has 21 heavy (non-hydrogen) atoms. The third-order valence-corrected chi connectivity index (χ3v) is 3.49. The normalized spacial score (nSPS) is 19.0. The van der Waals surface area contributed by atoms with Gasteiger partial charge in [-0.15, -0.1) is 0 Å². The monoisotopic (exact) mass is 301 g/mol. The molecule has 3 rings (SSSR count). The fraction of sp³-hybridized carbons (Fsp3) is 0. The molecular weight excluding hydrogens is 294 g/mol. The SMILES string of the molecule is N=C1/C(=C/c2ccc([N+](=O)[O-])cc2)C(=O)N=C2SC=NN12. The van der Waals surface area contributed by atoms with Crippen LogP contribution in [0.3, 0.4) is 0 Å². The van der Waals surface area contributed by atoms with Crippen LogP contribution in [-0.4, -0.2) is 32.4 Å². The molecule has 0 radical (unpaired) electrons. The molecule has 0 fully saturated rings. The molecule has 0 saturated heterocycles. The zero-order valence-corrected chi connectivity index (χ0v) is 11.2. The Hall–Kier alpha value is -2.81. The van der Waals surface area contributed by atoms with Crippen molar-refractivity contribution >= 4 is 46.0 Å². The molecule has 0 saturated carbocycles. The zero-order chi connectivity index (χ0) is 15.0. The number of thioether (sulfide) groups is 1. The Kier molecular flexibility index (Phi) is 3.10. The van der Waals surface area contributed by atoms with Gasteiger partial charge in [-0.2, -0.15) is 15.1 Å². The zero-order valence-electron chi connectivity index (χ0n) is 10.4. The number of amidine groups is 2. The Morgan fingerprint density at radius 1 is 1.33 bits per heavy atom. The predicted molar refractivity (Wildman–Crippen MR) is 79.2 cm³/mol. The van der Waals surface area contributed by atoms with E-state index in [9.17, 15) is 14.9 Å². The van der Waals surface area contributed by atoms with Crippen LogP contribution in [0.25, 0.3) is 6.08 Å². The van der Waals surface area contributed by atoms with Crippen LogP contribution in [0.15, 0.2) is 39.9 Å². The number of carbonyl (C=O) groups is 1. The number of nitrogens with zero attached hydrogens (tertiary/aromatic N) is 4. The van der Waals surface area contributed by atoms with E-state index in [1.165, 1.54) is 52.7 Å². The minimum absolute atomic E-state index is 0.0388. The van der Waals surface area contributed by atoms with Crippen LogP contribution in [0, 0.1) is 15.5 Å². The number of benzene rings is 1. The summed E-state index contributed by atoms with van der Waals surface area (Å²) in [6.07, 6.45) is 1.47. The minimum Gasteiger partial charge on any atom is -0.282 e. The van der Waals surface area contributed by atoms with Crippen LogP contribution >= 0.6 is 11.8 Å². The predicted octanol–water partition coefficient (Wildman–Crippen LogP) is 1.84. The Bertz CT molecular complexity index is 751.